The van der Waals surface area contributed by atoms with E-state index in [1.54, 1.807) is 0 Å². The summed E-state index contributed by atoms with van der Waals surface area (Å²) in [5.41, 5.74) is 2.27. The molecule has 2 aromatic rings. The lowest BCUT2D eigenvalue weighted by Crippen LogP contribution is -2.40. The van der Waals surface area contributed by atoms with Crippen LogP contribution < -0.4 is 10.1 Å². The van der Waals surface area contributed by atoms with E-state index in [0.29, 0.717) is 38.6 Å². The normalized spacial score (nSPS) is 15.2. The first-order valence-electron chi connectivity index (χ1n) is 9.01. The Balaban J connectivity index is 1.82. The lowest BCUT2D eigenvalue weighted by Gasteiger charge is -2.26. The van der Waals surface area contributed by atoms with Gasteiger partial charge in [0.25, 0.3) is 5.91 Å². The van der Waals surface area contributed by atoms with Gasteiger partial charge in [0.05, 0.1) is 30.8 Å². The zero-order valence-corrected chi connectivity index (χ0v) is 16.8. The number of hydrogen-bond acceptors (Lipinski definition) is 5. The van der Waals surface area contributed by atoms with Crippen molar-refractivity contribution in [2.24, 2.45) is 0 Å². The molecule has 0 unspecified atom stereocenters. The van der Waals surface area contributed by atoms with Crippen molar-refractivity contribution in [1.82, 2.24) is 9.62 Å². The number of ether oxygens (including phenoxy) is 2. The number of aryl methyl sites for hydroxylation is 1. The average molecular weight is 404 g/mol. The molecule has 1 heterocycles. The fourth-order valence-corrected chi connectivity index (χ4v) is 4.38. The van der Waals surface area contributed by atoms with Gasteiger partial charge in [0.2, 0.25) is 10.0 Å². The number of nitrogens with one attached hydrogen (secondary N) is 1. The van der Waals surface area contributed by atoms with Gasteiger partial charge in [-0.1, -0.05) is 29.8 Å². The molecule has 1 aliphatic heterocycles. The standard InChI is InChI=1S/C20H24N2O5S/c1-15-3-5-16(6-4-15)14-21-20(23)18-13-17(7-8-19(18)26-2)28(24,25)22-9-11-27-12-10-22/h3-8,13H,9-12,14H2,1-2H3,(H,21,23). The molecule has 0 atom stereocenters. The van der Waals surface area contributed by atoms with Crippen molar-refractivity contribution >= 4 is 15.9 Å². The lowest BCUT2D eigenvalue weighted by molar-refractivity contribution is 0.0730. The van der Waals surface area contributed by atoms with Crippen LogP contribution in [0.15, 0.2) is 47.4 Å². The minimum absolute atomic E-state index is 0.0654. The quantitative estimate of drug-likeness (QED) is 0.796. The minimum atomic E-state index is -3.70. The molecule has 0 bridgehead atoms. The monoisotopic (exact) mass is 404 g/mol. The van der Waals surface area contributed by atoms with Crippen LogP contribution in [0.4, 0.5) is 0 Å². The second-order valence-electron chi connectivity index (χ2n) is 6.55. The summed E-state index contributed by atoms with van der Waals surface area (Å²) in [5.74, 6) is -0.0706. The largest absolute Gasteiger partial charge is 0.496 e. The van der Waals surface area contributed by atoms with Gasteiger partial charge in [-0.3, -0.25) is 4.79 Å². The second kappa shape index (κ2) is 8.72. The SMILES string of the molecule is COc1ccc(S(=O)(=O)N2CCOCC2)cc1C(=O)NCc1ccc(C)cc1. The Morgan fingerprint density at radius 2 is 1.82 bits per heavy atom. The number of benzene rings is 2. The molecule has 150 valence electrons. The number of rotatable bonds is 6. The molecular formula is C20H24N2O5S. The number of carbonyl (C=O) groups excluding carboxylic acids is 1. The third kappa shape index (κ3) is 4.52. The van der Waals surface area contributed by atoms with Crippen LogP contribution in [0.5, 0.6) is 5.75 Å². The smallest absolute Gasteiger partial charge is 0.255 e. The number of nitrogens with zero attached hydrogens (tertiary/aromatic N) is 1. The molecule has 0 saturated carbocycles. The van der Waals surface area contributed by atoms with Gasteiger partial charge in [-0.25, -0.2) is 8.42 Å². The highest BCUT2D eigenvalue weighted by molar-refractivity contribution is 7.89. The molecule has 0 radical (unpaired) electrons. The van der Waals surface area contributed by atoms with Crippen LogP contribution in [-0.2, 0) is 21.3 Å². The molecule has 2 aromatic carbocycles. The molecule has 1 aliphatic rings. The Morgan fingerprint density at radius 1 is 1.14 bits per heavy atom. The van der Waals surface area contributed by atoms with E-state index in [1.807, 2.05) is 31.2 Å². The van der Waals surface area contributed by atoms with Crippen molar-refractivity contribution in [3.63, 3.8) is 0 Å². The summed E-state index contributed by atoms with van der Waals surface area (Å²) < 4.78 is 37.6. The molecular weight excluding hydrogens is 380 g/mol. The molecule has 0 spiro atoms. The van der Waals surface area contributed by atoms with Gasteiger partial charge in [0.15, 0.2) is 0 Å². The summed E-state index contributed by atoms with van der Waals surface area (Å²) in [4.78, 5) is 12.8. The predicted octanol–water partition coefficient (Wildman–Crippen LogP) is 1.95. The third-order valence-electron chi connectivity index (χ3n) is 4.60. The zero-order chi connectivity index (χ0) is 20.1. The molecule has 0 aliphatic carbocycles. The Kier molecular flexibility index (Phi) is 6.33. The molecule has 28 heavy (non-hydrogen) atoms. The van der Waals surface area contributed by atoms with E-state index in [1.165, 1.54) is 29.6 Å². The number of carbonyl (C=O) groups is 1. The molecule has 1 amide bonds. The summed E-state index contributed by atoms with van der Waals surface area (Å²) >= 11 is 0. The van der Waals surface area contributed by atoms with Crippen molar-refractivity contribution in [3.05, 3.63) is 59.2 Å². The van der Waals surface area contributed by atoms with Crippen LogP contribution in [0, 0.1) is 6.92 Å². The summed E-state index contributed by atoms with van der Waals surface area (Å²) in [6, 6.07) is 12.1. The highest BCUT2D eigenvalue weighted by Gasteiger charge is 2.28. The molecule has 0 aromatic heterocycles. The van der Waals surface area contributed by atoms with E-state index in [9.17, 15) is 13.2 Å². The maximum atomic E-state index is 12.9. The van der Waals surface area contributed by atoms with Gasteiger partial charge in [-0.05, 0) is 30.7 Å². The van der Waals surface area contributed by atoms with Crippen molar-refractivity contribution < 1.29 is 22.7 Å². The van der Waals surface area contributed by atoms with Gasteiger partial charge < -0.3 is 14.8 Å². The zero-order valence-electron chi connectivity index (χ0n) is 16.0. The minimum Gasteiger partial charge on any atom is -0.496 e. The number of sulfonamides is 1. The summed E-state index contributed by atoms with van der Waals surface area (Å²) in [6.45, 7) is 3.64. The summed E-state index contributed by atoms with van der Waals surface area (Å²) in [5, 5.41) is 2.82. The number of hydrogen-bond donors (Lipinski definition) is 1. The molecule has 8 heteroatoms. The maximum Gasteiger partial charge on any atom is 0.255 e. The molecule has 3 rings (SSSR count). The Bertz CT molecular complexity index is 936. The van der Waals surface area contributed by atoms with Crippen LogP contribution in [-0.4, -0.2) is 52.0 Å². The van der Waals surface area contributed by atoms with Crippen LogP contribution >= 0.6 is 0 Å². The molecule has 1 N–H and O–H groups in total. The van der Waals surface area contributed by atoms with Crippen LogP contribution in [0.25, 0.3) is 0 Å². The van der Waals surface area contributed by atoms with Gasteiger partial charge in [-0.2, -0.15) is 4.31 Å². The Hall–Kier alpha value is -2.42. The molecule has 1 fully saturated rings. The fraction of sp³-hybridized carbons (Fsp3) is 0.350. The van der Waals surface area contributed by atoms with E-state index < -0.39 is 15.9 Å². The Labute approximate surface area is 165 Å². The van der Waals surface area contributed by atoms with E-state index >= 15 is 0 Å². The van der Waals surface area contributed by atoms with Crippen molar-refractivity contribution in [3.8, 4) is 5.75 Å². The second-order valence-corrected chi connectivity index (χ2v) is 8.48. The average Bonchev–Trinajstić information content (AvgIpc) is 2.73. The van der Waals surface area contributed by atoms with E-state index in [2.05, 4.69) is 5.32 Å². The van der Waals surface area contributed by atoms with Crippen molar-refractivity contribution in [2.45, 2.75) is 18.4 Å². The highest BCUT2D eigenvalue weighted by Crippen LogP contribution is 2.25. The van der Waals surface area contributed by atoms with Crippen molar-refractivity contribution in [1.29, 1.82) is 0 Å². The first-order valence-corrected chi connectivity index (χ1v) is 10.5. The highest BCUT2D eigenvalue weighted by atomic mass is 32.2. The van der Waals surface area contributed by atoms with Gasteiger partial charge in [0.1, 0.15) is 5.75 Å². The number of methoxy groups -OCH3 is 1. The Morgan fingerprint density at radius 3 is 2.46 bits per heavy atom. The van der Waals surface area contributed by atoms with Crippen LogP contribution in [0.3, 0.4) is 0 Å². The van der Waals surface area contributed by atoms with Crippen LogP contribution in [0.1, 0.15) is 21.5 Å². The summed E-state index contributed by atoms with van der Waals surface area (Å²) in [7, 11) is -2.25. The van der Waals surface area contributed by atoms with Gasteiger partial charge >= 0.3 is 0 Å². The topological polar surface area (TPSA) is 84.9 Å². The maximum absolute atomic E-state index is 12.9. The van der Waals surface area contributed by atoms with Crippen LogP contribution in [0.2, 0.25) is 0 Å². The number of amides is 1. The lowest BCUT2D eigenvalue weighted by atomic mass is 10.1. The van der Waals surface area contributed by atoms with Gasteiger partial charge in [-0.15, -0.1) is 0 Å². The van der Waals surface area contributed by atoms with Gasteiger partial charge in [0, 0.05) is 19.6 Å². The third-order valence-corrected chi connectivity index (χ3v) is 6.49. The first-order chi connectivity index (χ1) is 13.4. The van der Waals surface area contributed by atoms with E-state index in [0.717, 1.165) is 11.1 Å². The molecule has 7 nitrogen and oxygen atoms in total. The number of morpholine rings is 1. The van der Waals surface area contributed by atoms with Crippen molar-refractivity contribution in [2.75, 3.05) is 33.4 Å². The first kappa shape index (κ1) is 20.3. The summed E-state index contributed by atoms with van der Waals surface area (Å²) in [6.07, 6.45) is 0. The van der Waals surface area contributed by atoms with E-state index in [4.69, 9.17) is 9.47 Å². The predicted molar refractivity (Wildman–Crippen MR) is 105 cm³/mol. The van der Waals surface area contributed by atoms with E-state index in [-0.39, 0.29) is 10.5 Å². The fourth-order valence-electron chi connectivity index (χ4n) is 2.94. The molecule has 1 saturated heterocycles.